The molecule has 0 amide bonds. The van der Waals surface area contributed by atoms with Gasteiger partial charge in [0.25, 0.3) is 0 Å². The minimum absolute atomic E-state index is 0.393. The molecule has 0 saturated heterocycles. The van der Waals surface area contributed by atoms with E-state index in [-0.39, 0.29) is 0 Å². The van der Waals surface area contributed by atoms with Crippen LogP contribution < -0.4 is 5.32 Å². The molecule has 90 valence electrons. The Kier molecular flexibility index (Phi) is 4.29. The molecule has 2 aromatic heterocycles. The van der Waals surface area contributed by atoms with Crippen LogP contribution in [0.15, 0.2) is 36.7 Å². The quantitative estimate of drug-likeness (QED) is 0.876. The molecule has 2 nitrogen and oxygen atoms in total. The van der Waals surface area contributed by atoms with Crippen LogP contribution in [0.25, 0.3) is 0 Å². The number of thiophene rings is 1. The molecule has 0 fully saturated rings. The van der Waals surface area contributed by atoms with E-state index >= 15 is 0 Å². The van der Waals surface area contributed by atoms with Gasteiger partial charge in [0, 0.05) is 28.2 Å². The van der Waals surface area contributed by atoms with E-state index in [4.69, 9.17) is 0 Å². The first-order chi connectivity index (χ1) is 8.33. The number of aromatic nitrogens is 1. The molecule has 0 aliphatic carbocycles. The molecule has 0 bridgehead atoms. The van der Waals surface area contributed by atoms with E-state index in [9.17, 15) is 0 Å². The average molecular weight is 246 g/mol. The van der Waals surface area contributed by atoms with Crippen LogP contribution >= 0.6 is 11.3 Å². The maximum absolute atomic E-state index is 4.16. The lowest BCUT2D eigenvalue weighted by Crippen LogP contribution is -2.17. The van der Waals surface area contributed by atoms with Gasteiger partial charge in [-0.1, -0.05) is 13.0 Å². The van der Waals surface area contributed by atoms with Crippen molar-refractivity contribution in [2.24, 2.45) is 0 Å². The zero-order valence-corrected chi connectivity index (χ0v) is 11.1. The molecule has 17 heavy (non-hydrogen) atoms. The summed E-state index contributed by atoms with van der Waals surface area (Å²) >= 11 is 1.90. The summed E-state index contributed by atoms with van der Waals surface area (Å²) in [5, 5.41) is 3.39. The topological polar surface area (TPSA) is 24.9 Å². The van der Waals surface area contributed by atoms with E-state index in [0.717, 1.165) is 12.8 Å². The fraction of sp³-hybridized carbons (Fsp3) is 0.357. The zero-order chi connectivity index (χ0) is 12.1. The monoisotopic (exact) mass is 246 g/mol. The third-order valence-electron chi connectivity index (χ3n) is 2.89. The summed E-state index contributed by atoms with van der Waals surface area (Å²) in [6, 6.07) is 8.98. The Morgan fingerprint density at radius 3 is 2.82 bits per heavy atom. The van der Waals surface area contributed by atoms with Crippen molar-refractivity contribution >= 4 is 11.3 Å². The van der Waals surface area contributed by atoms with Crippen molar-refractivity contribution in [1.29, 1.82) is 0 Å². The third kappa shape index (κ3) is 3.14. The predicted molar refractivity (Wildman–Crippen MR) is 73.4 cm³/mol. The Morgan fingerprint density at radius 2 is 2.24 bits per heavy atom. The van der Waals surface area contributed by atoms with Crippen molar-refractivity contribution in [3.05, 3.63) is 52.0 Å². The molecule has 2 heterocycles. The first kappa shape index (κ1) is 12.3. The fourth-order valence-corrected chi connectivity index (χ4v) is 2.93. The number of pyridine rings is 1. The van der Waals surface area contributed by atoms with Crippen LogP contribution in [0.1, 0.15) is 28.3 Å². The number of rotatable bonds is 5. The standard InChI is InChI=1S/C14H18N2S/c1-3-12-6-7-14(17-12)13(15-2)9-11-5-4-8-16-10-11/h4-8,10,13,15H,3,9H2,1-2H3. The summed E-state index contributed by atoms with van der Waals surface area (Å²) in [7, 11) is 2.02. The molecule has 0 aliphatic heterocycles. The summed E-state index contributed by atoms with van der Waals surface area (Å²) in [6.45, 7) is 2.20. The van der Waals surface area contributed by atoms with Gasteiger partial charge in [0.05, 0.1) is 0 Å². The maximum Gasteiger partial charge on any atom is 0.0453 e. The third-order valence-corrected chi connectivity index (χ3v) is 4.23. The maximum atomic E-state index is 4.16. The molecule has 0 spiro atoms. The van der Waals surface area contributed by atoms with Gasteiger partial charge in [-0.05, 0) is 43.7 Å². The first-order valence-corrected chi connectivity index (χ1v) is 6.80. The molecule has 1 N–H and O–H groups in total. The van der Waals surface area contributed by atoms with Gasteiger partial charge in [-0.25, -0.2) is 0 Å². The molecular weight excluding hydrogens is 228 g/mol. The Bertz CT molecular complexity index is 450. The van der Waals surface area contributed by atoms with Crippen molar-refractivity contribution in [3.63, 3.8) is 0 Å². The summed E-state index contributed by atoms with van der Waals surface area (Å²) < 4.78 is 0. The highest BCUT2D eigenvalue weighted by molar-refractivity contribution is 7.12. The molecule has 0 aromatic carbocycles. The molecule has 2 aromatic rings. The molecule has 3 heteroatoms. The van der Waals surface area contributed by atoms with Gasteiger partial charge in [-0.2, -0.15) is 0 Å². The summed E-state index contributed by atoms with van der Waals surface area (Å²) in [4.78, 5) is 7.02. The highest BCUT2D eigenvalue weighted by atomic mass is 32.1. The number of aryl methyl sites for hydroxylation is 1. The van der Waals surface area contributed by atoms with Crippen molar-refractivity contribution in [3.8, 4) is 0 Å². The number of likely N-dealkylation sites (N-methyl/N-ethyl adjacent to an activating group) is 1. The van der Waals surface area contributed by atoms with Gasteiger partial charge < -0.3 is 5.32 Å². The zero-order valence-electron chi connectivity index (χ0n) is 10.3. The lowest BCUT2D eigenvalue weighted by molar-refractivity contribution is 0.601. The van der Waals surface area contributed by atoms with E-state index < -0.39 is 0 Å². The van der Waals surface area contributed by atoms with Gasteiger partial charge in [0.1, 0.15) is 0 Å². The van der Waals surface area contributed by atoms with E-state index in [1.54, 1.807) is 0 Å². The lowest BCUT2D eigenvalue weighted by atomic mass is 10.1. The van der Waals surface area contributed by atoms with Gasteiger partial charge >= 0.3 is 0 Å². The second kappa shape index (κ2) is 5.94. The van der Waals surface area contributed by atoms with Crippen molar-refractivity contribution in [1.82, 2.24) is 10.3 Å². The van der Waals surface area contributed by atoms with Crippen LogP contribution in [-0.2, 0) is 12.8 Å². The molecule has 1 unspecified atom stereocenters. The van der Waals surface area contributed by atoms with Crippen LogP contribution in [0, 0.1) is 0 Å². The smallest absolute Gasteiger partial charge is 0.0453 e. The number of nitrogens with zero attached hydrogens (tertiary/aromatic N) is 1. The predicted octanol–water partition coefficient (Wildman–Crippen LogP) is 3.21. The summed E-state index contributed by atoms with van der Waals surface area (Å²) in [5.74, 6) is 0. The normalized spacial score (nSPS) is 12.6. The molecule has 0 saturated carbocycles. The van der Waals surface area contributed by atoms with E-state index in [1.807, 2.05) is 36.8 Å². The number of hydrogen-bond donors (Lipinski definition) is 1. The Balaban J connectivity index is 2.11. The fourth-order valence-electron chi connectivity index (χ4n) is 1.87. The largest absolute Gasteiger partial charge is 0.312 e. The Labute approximate surface area is 107 Å². The first-order valence-electron chi connectivity index (χ1n) is 5.98. The lowest BCUT2D eigenvalue weighted by Gasteiger charge is -2.14. The summed E-state index contributed by atoms with van der Waals surface area (Å²) in [6.07, 6.45) is 5.87. The van der Waals surface area contributed by atoms with E-state index in [2.05, 4.69) is 35.4 Å². The van der Waals surface area contributed by atoms with Crippen molar-refractivity contribution in [2.75, 3.05) is 7.05 Å². The van der Waals surface area contributed by atoms with Crippen LogP contribution in [0.4, 0.5) is 0 Å². The summed E-state index contributed by atoms with van der Waals surface area (Å²) in [5.41, 5.74) is 1.28. The number of nitrogens with one attached hydrogen (secondary N) is 1. The molecule has 0 aliphatic rings. The van der Waals surface area contributed by atoms with E-state index in [1.165, 1.54) is 15.3 Å². The molecular formula is C14H18N2S. The molecule has 2 rings (SSSR count). The highest BCUT2D eigenvalue weighted by Crippen LogP contribution is 2.26. The second-order valence-corrected chi connectivity index (χ2v) is 5.26. The van der Waals surface area contributed by atoms with Crippen molar-refractivity contribution < 1.29 is 0 Å². The van der Waals surface area contributed by atoms with E-state index in [0.29, 0.717) is 6.04 Å². The van der Waals surface area contributed by atoms with Gasteiger partial charge in [0.2, 0.25) is 0 Å². The van der Waals surface area contributed by atoms with Gasteiger partial charge in [-0.15, -0.1) is 11.3 Å². The minimum atomic E-state index is 0.393. The molecule has 0 radical (unpaired) electrons. The number of hydrogen-bond acceptors (Lipinski definition) is 3. The second-order valence-electron chi connectivity index (χ2n) is 4.06. The highest BCUT2D eigenvalue weighted by Gasteiger charge is 2.12. The van der Waals surface area contributed by atoms with Crippen LogP contribution in [0.5, 0.6) is 0 Å². The molecule has 1 atom stereocenters. The van der Waals surface area contributed by atoms with Crippen LogP contribution in [-0.4, -0.2) is 12.0 Å². The Morgan fingerprint density at radius 1 is 1.35 bits per heavy atom. The average Bonchev–Trinajstić information content (AvgIpc) is 2.86. The SMILES string of the molecule is CCc1ccc(C(Cc2cccnc2)NC)s1. The van der Waals surface area contributed by atoms with Gasteiger partial charge in [0.15, 0.2) is 0 Å². The van der Waals surface area contributed by atoms with Gasteiger partial charge in [-0.3, -0.25) is 4.98 Å². The minimum Gasteiger partial charge on any atom is -0.312 e. The van der Waals surface area contributed by atoms with Crippen molar-refractivity contribution in [2.45, 2.75) is 25.8 Å². The van der Waals surface area contributed by atoms with Crippen LogP contribution in [0.3, 0.4) is 0 Å². The Hall–Kier alpha value is -1.19. The van der Waals surface area contributed by atoms with Crippen LogP contribution in [0.2, 0.25) is 0 Å².